The Kier molecular flexibility index (Phi) is 5.77. The third kappa shape index (κ3) is 3.12. The summed E-state index contributed by atoms with van der Waals surface area (Å²) in [6, 6.07) is 11.7. The minimum atomic E-state index is -1.99. The molecular formula is C24H16Cl6N2O3. The summed E-state index contributed by atoms with van der Waals surface area (Å²) in [5.74, 6) is -4.08. The van der Waals surface area contributed by atoms with Crippen LogP contribution < -0.4 is 10.2 Å². The van der Waals surface area contributed by atoms with Crippen molar-refractivity contribution >= 4 is 98.7 Å². The molecule has 1 aliphatic heterocycles. The molecule has 2 aliphatic carbocycles. The Bertz CT molecular complexity index is 1290. The number of imide groups is 1. The van der Waals surface area contributed by atoms with E-state index in [1.54, 1.807) is 0 Å². The third-order valence-corrected chi connectivity index (χ3v) is 11.0. The van der Waals surface area contributed by atoms with Crippen molar-refractivity contribution in [1.82, 2.24) is 0 Å². The Morgan fingerprint density at radius 2 is 1.29 bits per heavy atom. The zero-order valence-corrected chi connectivity index (χ0v) is 22.7. The number of carbonyl (C=O) groups excluding carboxylic acids is 3. The van der Waals surface area contributed by atoms with Gasteiger partial charge in [-0.3, -0.25) is 14.4 Å². The lowest BCUT2D eigenvalue weighted by molar-refractivity contribution is -0.123. The molecule has 1 saturated carbocycles. The van der Waals surface area contributed by atoms with Crippen LogP contribution >= 0.6 is 69.6 Å². The number of allylic oxidation sites excluding steroid dienone is 2. The van der Waals surface area contributed by atoms with Gasteiger partial charge in [0.25, 0.3) is 5.91 Å². The number of hydrogen-bond donors (Lipinski definition) is 1. The molecule has 0 unspecified atom stereocenters. The molecule has 1 N–H and O–H groups in total. The van der Waals surface area contributed by atoms with Gasteiger partial charge >= 0.3 is 0 Å². The normalized spacial score (nSPS) is 30.8. The fourth-order valence-corrected chi connectivity index (χ4v) is 8.19. The van der Waals surface area contributed by atoms with Crippen LogP contribution in [0.3, 0.4) is 0 Å². The van der Waals surface area contributed by atoms with Crippen molar-refractivity contribution in [2.75, 3.05) is 10.2 Å². The first-order valence-corrected chi connectivity index (χ1v) is 12.7. The molecule has 2 fully saturated rings. The molecule has 2 aromatic carbocycles. The van der Waals surface area contributed by atoms with Gasteiger partial charge < -0.3 is 5.32 Å². The second-order valence-corrected chi connectivity index (χ2v) is 12.2. The highest BCUT2D eigenvalue weighted by molar-refractivity contribution is 6.67. The van der Waals surface area contributed by atoms with E-state index in [4.69, 9.17) is 69.6 Å². The molecule has 35 heavy (non-hydrogen) atoms. The van der Waals surface area contributed by atoms with Gasteiger partial charge in [0.2, 0.25) is 11.8 Å². The number of hydrogen-bond acceptors (Lipinski definition) is 3. The van der Waals surface area contributed by atoms with Crippen LogP contribution in [0.25, 0.3) is 0 Å². The van der Waals surface area contributed by atoms with Crippen LogP contribution in [-0.4, -0.2) is 31.8 Å². The highest BCUT2D eigenvalue weighted by Crippen LogP contribution is 2.77. The van der Waals surface area contributed by atoms with Crippen molar-refractivity contribution in [3.05, 3.63) is 69.2 Å². The van der Waals surface area contributed by atoms with Crippen LogP contribution in [0.5, 0.6) is 0 Å². The van der Waals surface area contributed by atoms with Crippen LogP contribution in [0.1, 0.15) is 21.5 Å². The van der Waals surface area contributed by atoms with Crippen molar-refractivity contribution in [1.29, 1.82) is 0 Å². The summed E-state index contributed by atoms with van der Waals surface area (Å²) in [4.78, 5) is 36.8. The quantitative estimate of drug-likeness (QED) is 0.326. The monoisotopic (exact) mass is 590 g/mol. The van der Waals surface area contributed by atoms with E-state index < -0.39 is 37.7 Å². The predicted molar refractivity (Wildman–Crippen MR) is 140 cm³/mol. The summed E-state index contributed by atoms with van der Waals surface area (Å²) in [7, 11) is 0. The molecule has 3 aliphatic rings. The van der Waals surface area contributed by atoms with E-state index in [1.807, 2.05) is 32.0 Å². The smallest absolute Gasteiger partial charge is 0.255 e. The zero-order chi connectivity index (χ0) is 25.7. The van der Waals surface area contributed by atoms with E-state index in [0.29, 0.717) is 11.3 Å². The molecule has 182 valence electrons. The second-order valence-electron chi connectivity index (χ2n) is 8.97. The summed E-state index contributed by atoms with van der Waals surface area (Å²) in [6.45, 7) is 3.88. The molecule has 0 aromatic heterocycles. The lowest BCUT2D eigenvalue weighted by Gasteiger charge is -2.34. The first-order chi connectivity index (χ1) is 16.3. The van der Waals surface area contributed by atoms with E-state index in [2.05, 4.69) is 5.32 Å². The van der Waals surface area contributed by atoms with Crippen LogP contribution in [0.2, 0.25) is 0 Å². The van der Waals surface area contributed by atoms with Gasteiger partial charge in [0.1, 0.15) is 9.75 Å². The van der Waals surface area contributed by atoms with Gasteiger partial charge in [-0.2, -0.15) is 0 Å². The Balaban J connectivity index is 1.44. The number of halogens is 6. The molecule has 4 atom stereocenters. The minimum absolute atomic E-state index is 0.150. The van der Waals surface area contributed by atoms with Crippen molar-refractivity contribution in [2.45, 2.75) is 27.9 Å². The number of aryl methyl sites for hydroxylation is 2. The van der Waals surface area contributed by atoms with E-state index in [9.17, 15) is 14.4 Å². The number of anilines is 2. The topological polar surface area (TPSA) is 66.5 Å². The number of alkyl halides is 4. The molecule has 11 heteroatoms. The third-order valence-electron chi connectivity index (χ3n) is 6.78. The molecule has 1 saturated heterocycles. The van der Waals surface area contributed by atoms with Gasteiger partial charge in [-0.25, -0.2) is 4.90 Å². The minimum Gasteiger partial charge on any atom is -0.322 e. The molecule has 2 bridgehead atoms. The molecule has 3 amide bonds. The van der Waals surface area contributed by atoms with Gasteiger partial charge in [-0.05, 0) is 61.4 Å². The number of rotatable bonds is 3. The van der Waals surface area contributed by atoms with E-state index in [0.717, 1.165) is 16.0 Å². The fraction of sp³-hybridized carbons (Fsp3) is 0.292. The van der Waals surface area contributed by atoms with Crippen molar-refractivity contribution < 1.29 is 14.4 Å². The van der Waals surface area contributed by atoms with Gasteiger partial charge in [-0.15, -0.1) is 23.2 Å². The standard InChI is InChI=1S/C24H16Cl6N2O3/c1-10-7-11(2)9-13(8-10)31-19(33)12-3-5-14(6-4-12)32-20(34)15-16(21(32)35)23(28)18(26)17(25)22(15,27)24(23,29)30/h3-9,15-16H,1-2H3,(H,31,33)/t15-,16-,22-,23-/m1/s1. The Hall–Kier alpha value is -1.47. The van der Waals surface area contributed by atoms with Crippen molar-refractivity contribution in [3.8, 4) is 0 Å². The SMILES string of the molecule is Cc1cc(C)cc(NC(=O)c2ccc(N3C(=O)[C@H]4[C@H](C3=O)[C@@]3(Cl)C(Cl)=C(Cl)[C@@]4(Cl)C3(Cl)Cl)cc2)c1. The summed E-state index contributed by atoms with van der Waals surface area (Å²) in [5, 5.41) is 2.54. The lowest BCUT2D eigenvalue weighted by atomic mass is 9.84. The Labute approximate surface area is 231 Å². The number of nitrogens with one attached hydrogen (secondary N) is 1. The van der Waals surface area contributed by atoms with Crippen molar-refractivity contribution in [3.63, 3.8) is 0 Å². The maximum absolute atomic E-state index is 13.4. The van der Waals surface area contributed by atoms with Crippen molar-refractivity contribution in [2.24, 2.45) is 11.8 Å². The largest absolute Gasteiger partial charge is 0.322 e. The van der Waals surface area contributed by atoms with E-state index >= 15 is 0 Å². The molecule has 1 heterocycles. The molecule has 0 radical (unpaired) electrons. The summed E-state index contributed by atoms with van der Waals surface area (Å²) in [6.07, 6.45) is 0. The van der Waals surface area contributed by atoms with E-state index in [1.165, 1.54) is 24.3 Å². The van der Waals surface area contributed by atoms with Gasteiger partial charge in [0.05, 0.1) is 27.6 Å². The summed E-state index contributed by atoms with van der Waals surface area (Å²) < 4.78 is -1.99. The van der Waals surface area contributed by atoms with Gasteiger partial charge in [0.15, 0.2) is 4.33 Å². The number of benzene rings is 2. The fourth-order valence-electron chi connectivity index (χ4n) is 5.26. The molecule has 2 aromatic rings. The lowest BCUT2D eigenvalue weighted by Crippen LogP contribution is -2.50. The Morgan fingerprint density at radius 3 is 1.74 bits per heavy atom. The maximum atomic E-state index is 13.4. The second kappa shape index (κ2) is 8.01. The molecule has 5 nitrogen and oxygen atoms in total. The summed E-state index contributed by atoms with van der Waals surface area (Å²) >= 11 is 39.1. The predicted octanol–water partition coefficient (Wildman–Crippen LogP) is 6.51. The first kappa shape index (κ1) is 25.2. The van der Waals surface area contributed by atoms with Crippen LogP contribution in [0, 0.1) is 25.7 Å². The van der Waals surface area contributed by atoms with E-state index in [-0.39, 0.29) is 21.7 Å². The maximum Gasteiger partial charge on any atom is 0.255 e. The molecule has 0 spiro atoms. The molecule has 5 rings (SSSR count). The highest BCUT2D eigenvalue weighted by Gasteiger charge is 2.87. The van der Waals surface area contributed by atoms with Crippen LogP contribution in [-0.2, 0) is 9.59 Å². The average molecular weight is 593 g/mol. The Morgan fingerprint density at radius 1 is 0.829 bits per heavy atom. The average Bonchev–Trinajstić information content (AvgIpc) is 3.17. The van der Waals surface area contributed by atoms with Crippen LogP contribution in [0.4, 0.5) is 11.4 Å². The van der Waals surface area contributed by atoms with Gasteiger partial charge in [0, 0.05) is 11.3 Å². The number of carbonyl (C=O) groups is 3. The highest BCUT2D eigenvalue weighted by atomic mass is 35.5. The molecular weight excluding hydrogens is 577 g/mol. The summed E-state index contributed by atoms with van der Waals surface area (Å²) in [5.41, 5.74) is 3.27. The number of nitrogens with zero attached hydrogens (tertiary/aromatic N) is 1. The number of fused-ring (bicyclic) bond motifs is 5. The first-order valence-electron chi connectivity index (χ1n) is 10.5. The van der Waals surface area contributed by atoms with Crippen LogP contribution in [0.15, 0.2) is 52.5 Å². The zero-order valence-electron chi connectivity index (χ0n) is 18.1. The number of amides is 3. The van der Waals surface area contributed by atoms with Gasteiger partial charge in [-0.1, -0.05) is 52.5 Å².